The Kier molecular flexibility index (Phi) is 3.93. The Morgan fingerprint density at radius 3 is 2.43 bits per heavy atom. The average molecular weight is 334 g/mol. The van der Waals surface area contributed by atoms with E-state index in [9.17, 15) is 13.2 Å². The zero-order chi connectivity index (χ0) is 16.6. The molecular formula is C15H18N4O3S. The molecule has 0 aliphatic carbocycles. The van der Waals surface area contributed by atoms with Gasteiger partial charge in [-0.25, -0.2) is 18.4 Å². The summed E-state index contributed by atoms with van der Waals surface area (Å²) in [6.07, 6.45) is 2.67. The van der Waals surface area contributed by atoms with Gasteiger partial charge in [-0.15, -0.1) is 0 Å². The number of carbonyl (C=O) groups excluding carboxylic acids is 1. The summed E-state index contributed by atoms with van der Waals surface area (Å²) >= 11 is 0. The summed E-state index contributed by atoms with van der Waals surface area (Å²) in [7, 11) is -3.29. The van der Waals surface area contributed by atoms with Crippen molar-refractivity contribution >= 4 is 32.5 Å². The van der Waals surface area contributed by atoms with Crippen LogP contribution in [0.2, 0.25) is 0 Å². The van der Waals surface area contributed by atoms with Crippen LogP contribution in [-0.4, -0.2) is 61.6 Å². The van der Waals surface area contributed by atoms with Gasteiger partial charge >= 0.3 is 0 Å². The number of anilines is 1. The van der Waals surface area contributed by atoms with Crippen LogP contribution in [0.25, 0.3) is 10.9 Å². The summed E-state index contributed by atoms with van der Waals surface area (Å²) in [4.78, 5) is 24.1. The zero-order valence-corrected chi connectivity index (χ0v) is 13.9. The minimum atomic E-state index is -3.29. The molecule has 1 fully saturated rings. The van der Waals surface area contributed by atoms with E-state index >= 15 is 0 Å². The van der Waals surface area contributed by atoms with E-state index in [0.29, 0.717) is 42.9 Å². The van der Waals surface area contributed by atoms with E-state index < -0.39 is 9.84 Å². The summed E-state index contributed by atoms with van der Waals surface area (Å²) < 4.78 is 23.6. The summed E-state index contributed by atoms with van der Waals surface area (Å²) in [5, 5.41) is 0.715. The molecule has 8 heteroatoms. The Morgan fingerprint density at radius 1 is 1.13 bits per heavy atom. The van der Waals surface area contributed by atoms with Crippen LogP contribution >= 0.6 is 0 Å². The maximum atomic E-state index is 11.8. The minimum Gasteiger partial charge on any atom is -0.352 e. The van der Waals surface area contributed by atoms with Crippen LogP contribution in [-0.2, 0) is 14.6 Å². The van der Waals surface area contributed by atoms with E-state index in [1.54, 1.807) is 30.0 Å². The molecule has 0 saturated carbocycles. The van der Waals surface area contributed by atoms with Crippen molar-refractivity contribution in [2.75, 3.05) is 37.3 Å². The molecule has 122 valence electrons. The summed E-state index contributed by atoms with van der Waals surface area (Å²) in [6, 6.07) is 4.88. The monoisotopic (exact) mass is 334 g/mol. The van der Waals surface area contributed by atoms with Gasteiger partial charge in [0.15, 0.2) is 9.84 Å². The van der Waals surface area contributed by atoms with Gasteiger partial charge in [-0.05, 0) is 18.2 Å². The van der Waals surface area contributed by atoms with E-state index in [1.807, 2.05) is 0 Å². The molecule has 1 aromatic heterocycles. The number of piperazine rings is 1. The van der Waals surface area contributed by atoms with Crippen LogP contribution in [0.5, 0.6) is 0 Å². The number of benzene rings is 1. The smallest absolute Gasteiger partial charge is 0.219 e. The number of rotatable bonds is 2. The number of hydrogen-bond donors (Lipinski definition) is 0. The van der Waals surface area contributed by atoms with Crippen LogP contribution in [0.1, 0.15) is 6.92 Å². The normalized spacial score (nSPS) is 15.9. The van der Waals surface area contributed by atoms with E-state index in [4.69, 9.17) is 0 Å². The van der Waals surface area contributed by atoms with Gasteiger partial charge in [0.1, 0.15) is 12.1 Å². The third-order valence-electron chi connectivity index (χ3n) is 4.04. The summed E-state index contributed by atoms with van der Waals surface area (Å²) in [5.74, 6) is 0.778. The lowest BCUT2D eigenvalue weighted by molar-refractivity contribution is -0.129. The lowest BCUT2D eigenvalue weighted by atomic mass is 10.2. The molecule has 0 radical (unpaired) electrons. The molecule has 7 nitrogen and oxygen atoms in total. The first-order valence-corrected chi connectivity index (χ1v) is 9.21. The Hall–Kier alpha value is -2.22. The molecule has 1 saturated heterocycles. The quantitative estimate of drug-likeness (QED) is 0.804. The van der Waals surface area contributed by atoms with E-state index in [-0.39, 0.29) is 10.8 Å². The highest BCUT2D eigenvalue weighted by Gasteiger charge is 2.21. The molecular weight excluding hydrogens is 316 g/mol. The van der Waals surface area contributed by atoms with Crippen LogP contribution < -0.4 is 4.90 Å². The number of carbonyl (C=O) groups is 1. The Morgan fingerprint density at radius 2 is 1.83 bits per heavy atom. The molecule has 2 heterocycles. The number of amides is 1. The van der Waals surface area contributed by atoms with Crippen molar-refractivity contribution in [2.45, 2.75) is 11.8 Å². The Bertz CT molecular complexity index is 858. The SMILES string of the molecule is CC(=O)N1CCN(c2ncnc3ccc(S(C)(=O)=O)cc23)CC1. The average Bonchev–Trinajstić information content (AvgIpc) is 2.53. The number of aromatic nitrogens is 2. The third kappa shape index (κ3) is 3.12. The molecule has 3 rings (SSSR count). The van der Waals surface area contributed by atoms with Gasteiger partial charge in [-0.2, -0.15) is 0 Å². The Balaban J connectivity index is 1.99. The van der Waals surface area contributed by atoms with Crippen LogP contribution in [0, 0.1) is 0 Å². The molecule has 2 aromatic rings. The highest BCUT2D eigenvalue weighted by molar-refractivity contribution is 7.90. The maximum Gasteiger partial charge on any atom is 0.219 e. The van der Waals surface area contributed by atoms with Gasteiger partial charge in [0.2, 0.25) is 5.91 Å². The molecule has 0 N–H and O–H groups in total. The molecule has 0 unspecified atom stereocenters. The number of nitrogens with zero attached hydrogens (tertiary/aromatic N) is 4. The largest absolute Gasteiger partial charge is 0.352 e. The molecule has 0 spiro atoms. The third-order valence-corrected chi connectivity index (χ3v) is 5.15. The number of sulfone groups is 1. The fourth-order valence-corrected chi connectivity index (χ4v) is 3.39. The van der Waals surface area contributed by atoms with Crippen molar-refractivity contribution in [1.29, 1.82) is 0 Å². The molecule has 1 aliphatic heterocycles. The predicted molar refractivity (Wildman–Crippen MR) is 87.1 cm³/mol. The predicted octanol–water partition coefficient (Wildman–Crippen LogP) is 0.702. The first kappa shape index (κ1) is 15.7. The zero-order valence-electron chi connectivity index (χ0n) is 13.1. The Labute approximate surface area is 134 Å². The second-order valence-corrected chi connectivity index (χ2v) is 7.66. The summed E-state index contributed by atoms with van der Waals surface area (Å²) in [6.45, 7) is 4.15. The number of fused-ring (bicyclic) bond motifs is 1. The first-order valence-electron chi connectivity index (χ1n) is 7.31. The maximum absolute atomic E-state index is 11.8. The molecule has 1 aromatic carbocycles. The van der Waals surface area contributed by atoms with Gasteiger partial charge in [0, 0.05) is 44.7 Å². The fourth-order valence-electron chi connectivity index (χ4n) is 2.74. The molecule has 23 heavy (non-hydrogen) atoms. The highest BCUT2D eigenvalue weighted by atomic mass is 32.2. The fraction of sp³-hybridized carbons (Fsp3) is 0.400. The molecule has 1 amide bonds. The van der Waals surface area contributed by atoms with Crippen molar-refractivity contribution in [2.24, 2.45) is 0 Å². The van der Waals surface area contributed by atoms with Crippen LogP contribution in [0.15, 0.2) is 29.4 Å². The van der Waals surface area contributed by atoms with Crippen molar-refractivity contribution in [3.8, 4) is 0 Å². The minimum absolute atomic E-state index is 0.0663. The van der Waals surface area contributed by atoms with E-state index in [0.717, 1.165) is 0 Å². The van der Waals surface area contributed by atoms with Gasteiger partial charge in [-0.3, -0.25) is 4.79 Å². The van der Waals surface area contributed by atoms with Crippen LogP contribution in [0.4, 0.5) is 5.82 Å². The van der Waals surface area contributed by atoms with Crippen molar-refractivity contribution in [3.63, 3.8) is 0 Å². The lowest BCUT2D eigenvalue weighted by Crippen LogP contribution is -2.48. The molecule has 0 atom stereocenters. The van der Waals surface area contributed by atoms with Gasteiger partial charge in [0.25, 0.3) is 0 Å². The second-order valence-electron chi connectivity index (χ2n) is 5.64. The summed E-state index contributed by atoms with van der Waals surface area (Å²) in [5.41, 5.74) is 0.705. The highest BCUT2D eigenvalue weighted by Crippen LogP contribution is 2.26. The van der Waals surface area contributed by atoms with E-state index in [2.05, 4.69) is 14.9 Å². The molecule has 0 bridgehead atoms. The number of hydrogen-bond acceptors (Lipinski definition) is 6. The van der Waals surface area contributed by atoms with Gasteiger partial charge in [0.05, 0.1) is 10.4 Å². The van der Waals surface area contributed by atoms with Gasteiger partial charge < -0.3 is 9.80 Å². The van der Waals surface area contributed by atoms with Crippen molar-refractivity contribution in [3.05, 3.63) is 24.5 Å². The van der Waals surface area contributed by atoms with Crippen LogP contribution in [0.3, 0.4) is 0 Å². The van der Waals surface area contributed by atoms with Gasteiger partial charge in [-0.1, -0.05) is 0 Å². The topological polar surface area (TPSA) is 83.5 Å². The standard InChI is InChI=1S/C15H18N4O3S/c1-11(20)18-5-7-19(8-6-18)15-13-9-12(23(2,21)22)3-4-14(13)16-10-17-15/h3-4,9-10H,5-8H2,1-2H3. The first-order chi connectivity index (χ1) is 10.9. The lowest BCUT2D eigenvalue weighted by Gasteiger charge is -2.35. The molecule has 1 aliphatic rings. The van der Waals surface area contributed by atoms with E-state index in [1.165, 1.54) is 12.6 Å². The van der Waals surface area contributed by atoms with Crippen molar-refractivity contribution in [1.82, 2.24) is 14.9 Å². The van der Waals surface area contributed by atoms with Crippen molar-refractivity contribution < 1.29 is 13.2 Å². The second kappa shape index (κ2) is 5.77.